The molecule has 0 aliphatic carbocycles. The number of nitrogens with zero attached hydrogens (tertiary/aromatic N) is 3. The summed E-state index contributed by atoms with van der Waals surface area (Å²) in [5, 5.41) is 8.48. The standard InChI is InChI=1S/C29H31N3O4/c1-29(2)26(20-12-13-24(35-3)25(18-20)36-4)30-32(28(29)34)21-14-16-31(17-15-21)27(33)23-11-7-9-19-8-5-6-10-22(19)23/h5-13,18,21H,14-17H2,1-4H3. The molecule has 0 saturated carbocycles. The van der Waals surface area contributed by atoms with Crippen molar-refractivity contribution in [2.24, 2.45) is 10.5 Å². The second-order valence-electron chi connectivity index (χ2n) is 9.84. The molecule has 0 aromatic heterocycles. The van der Waals surface area contributed by atoms with Crippen LogP contribution in [0, 0.1) is 5.41 Å². The second-order valence-corrected chi connectivity index (χ2v) is 9.84. The average Bonchev–Trinajstić information content (AvgIpc) is 3.16. The zero-order valence-electron chi connectivity index (χ0n) is 21.2. The first-order chi connectivity index (χ1) is 17.3. The van der Waals surface area contributed by atoms with E-state index in [0.29, 0.717) is 43.1 Å². The topological polar surface area (TPSA) is 71.4 Å². The van der Waals surface area contributed by atoms with Crippen molar-refractivity contribution in [3.8, 4) is 11.5 Å². The second kappa shape index (κ2) is 9.30. The van der Waals surface area contributed by atoms with E-state index in [4.69, 9.17) is 14.6 Å². The van der Waals surface area contributed by atoms with Gasteiger partial charge in [0.25, 0.3) is 11.8 Å². The highest BCUT2D eigenvalue weighted by molar-refractivity contribution is 6.19. The summed E-state index contributed by atoms with van der Waals surface area (Å²) in [5.41, 5.74) is 1.49. The van der Waals surface area contributed by atoms with Crippen LogP contribution < -0.4 is 9.47 Å². The van der Waals surface area contributed by atoms with Crippen molar-refractivity contribution in [2.75, 3.05) is 27.3 Å². The predicted molar refractivity (Wildman–Crippen MR) is 140 cm³/mol. The monoisotopic (exact) mass is 485 g/mol. The van der Waals surface area contributed by atoms with Crippen LogP contribution in [0.3, 0.4) is 0 Å². The molecule has 0 N–H and O–H groups in total. The van der Waals surface area contributed by atoms with Crippen LogP contribution in [0.2, 0.25) is 0 Å². The van der Waals surface area contributed by atoms with Crippen LogP contribution in [0.5, 0.6) is 11.5 Å². The van der Waals surface area contributed by atoms with E-state index in [0.717, 1.165) is 21.9 Å². The van der Waals surface area contributed by atoms with E-state index in [1.165, 1.54) is 0 Å². The molecule has 3 aromatic carbocycles. The molecule has 0 spiro atoms. The molecule has 2 amide bonds. The summed E-state index contributed by atoms with van der Waals surface area (Å²) in [4.78, 5) is 28.7. The van der Waals surface area contributed by atoms with Gasteiger partial charge in [0.1, 0.15) is 0 Å². The van der Waals surface area contributed by atoms with Crippen LogP contribution in [0.4, 0.5) is 0 Å². The minimum atomic E-state index is -0.768. The van der Waals surface area contributed by atoms with Crippen molar-refractivity contribution in [2.45, 2.75) is 32.7 Å². The van der Waals surface area contributed by atoms with E-state index < -0.39 is 5.41 Å². The van der Waals surface area contributed by atoms with Gasteiger partial charge in [-0.25, -0.2) is 5.01 Å². The Balaban J connectivity index is 1.34. The molecule has 0 unspecified atom stereocenters. The third-order valence-corrected chi connectivity index (χ3v) is 7.32. The average molecular weight is 486 g/mol. The van der Waals surface area contributed by atoms with E-state index in [-0.39, 0.29) is 17.9 Å². The molecule has 3 aromatic rings. The Morgan fingerprint density at radius 1 is 0.944 bits per heavy atom. The summed E-state index contributed by atoms with van der Waals surface area (Å²) >= 11 is 0. The van der Waals surface area contributed by atoms with Gasteiger partial charge >= 0.3 is 0 Å². The number of ether oxygens (including phenoxy) is 2. The van der Waals surface area contributed by atoms with Gasteiger partial charge in [-0.05, 0) is 61.7 Å². The minimum absolute atomic E-state index is 0.0221. The molecule has 0 atom stereocenters. The SMILES string of the molecule is COc1ccc(C2=NN(C3CCN(C(=O)c4cccc5ccccc45)CC3)C(=O)C2(C)C)cc1OC. The Kier molecular flexibility index (Phi) is 6.16. The lowest BCUT2D eigenvalue weighted by molar-refractivity contribution is -0.137. The Labute approximate surface area is 211 Å². The van der Waals surface area contributed by atoms with Gasteiger partial charge in [0.05, 0.1) is 31.4 Å². The molecule has 1 saturated heterocycles. The number of rotatable bonds is 5. The number of carbonyl (C=O) groups is 2. The van der Waals surface area contributed by atoms with Gasteiger partial charge in [-0.15, -0.1) is 0 Å². The summed E-state index contributed by atoms with van der Waals surface area (Å²) in [6.07, 6.45) is 1.36. The van der Waals surface area contributed by atoms with E-state index >= 15 is 0 Å². The number of hydrazone groups is 1. The van der Waals surface area contributed by atoms with Gasteiger partial charge in [-0.2, -0.15) is 5.10 Å². The van der Waals surface area contributed by atoms with E-state index in [1.54, 1.807) is 19.2 Å². The molecule has 7 heteroatoms. The van der Waals surface area contributed by atoms with Crippen molar-refractivity contribution in [3.05, 3.63) is 71.8 Å². The van der Waals surface area contributed by atoms with Gasteiger partial charge in [-0.1, -0.05) is 36.4 Å². The summed E-state index contributed by atoms with van der Waals surface area (Å²) < 4.78 is 10.8. The van der Waals surface area contributed by atoms with Crippen molar-refractivity contribution < 1.29 is 19.1 Å². The quantitative estimate of drug-likeness (QED) is 0.524. The van der Waals surface area contributed by atoms with Crippen LogP contribution >= 0.6 is 0 Å². The van der Waals surface area contributed by atoms with Gasteiger partial charge in [0.15, 0.2) is 11.5 Å². The fraction of sp³-hybridized carbons (Fsp3) is 0.345. The Hall–Kier alpha value is -3.87. The number of hydrogen-bond donors (Lipinski definition) is 0. The highest BCUT2D eigenvalue weighted by Crippen LogP contribution is 2.37. The fourth-order valence-corrected chi connectivity index (χ4v) is 5.21. The lowest BCUT2D eigenvalue weighted by Gasteiger charge is -2.35. The third kappa shape index (κ3) is 3.98. The van der Waals surface area contributed by atoms with Crippen LogP contribution in [-0.4, -0.2) is 60.8 Å². The Bertz CT molecular complexity index is 1350. The zero-order chi connectivity index (χ0) is 25.4. The highest BCUT2D eigenvalue weighted by atomic mass is 16.5. The van der Waals surface area contributed by atoms with Crippen LogP contribution in [-0.2, 0) is 4.79 Å². The molecule has 5 rings (SSSR count). The smallest absolute Gasteiger partial charge is 0.254 e. The van der Waals surface area contributed by atoms with E-state index in [2.05, 4.69) is 0 Å². The van der Waals surface area contributed by atoms with Crippen molar-refractivity contribution >= 4 is 28.3 Å². The first kappa shape index (κ1) is 23.9. The molecular formula is C29H31N3O4. The molecule has 36 heavy (non-hydrogen) atoms. The number of carbonyl (C=O) groups excluding carboxylic acids is 2. The number of benzene rings is 3. The molecule has 2 aliphatic heterocycles. The minimum Gasteiger partial charge on any atom is -0.493 e. The summed E-state index contributed by atoms with van der Waals surface area (Å²) in [7, 11) is 3.19. The first-order valence-electron chi connectivity index (χ1n) is 12.3. The fourth-order valence-electron chi connectivity index (χ4n) is 5.21. The maximum absolute atomic E-state index is 13.4. The summed E-state index contributed by atoms with van der Waals surface area (Å²) in [6.45, 7) is 4.98. The maximum atomic E-state index is 13.4. The van der Waals surface area contributed by atoms with Gasteiger partial charge in [-0.3, -0.25) is 9.59 Å². The lowest BCUT2D eigenvalue weighted by atomic mass is 9.83. The Morgan fingerprint density at radius 2 is 1.64 bits per heavy atom. The van der Waals surface area contributed by atoms with E-state index in [1.807, 2.05) is 79.4 Å². The molecule has 2 heterocycles. The predicted octanol–water partition coefficient (Wildman–Crippen LogP) is 4.73. The van der Waals surface area contributed by atoms with Crippen LogP contribution in [0.15, 0.2) is 65.8 Å². The number of amides is 2. The third-order valence-electron chi connectivity index (χ3n) is 7.32. The number of fused-ring (bicyclic) bond motifs is 1. The zero-order valence-corrected chi connectivity index (χ0v) is 21.2. The molecule has 0 radical (unpaired) electrons. The van der Waals surface area contributed by atoms with Gasteiger partial charge in [0.2, 0.25) is 0 Å². The van der Waals surface area contributed by atoms with E-state index in [9.17, 15) is 9.59 Å². The molecular weight excluding hydrogens is 454 g/mol. The number of piperidine rings is 1. The van der Waals surface area contributed by atoms with Crippen molar-refractivity contribution in [1.82, 2.24) is 9.91 Å². The Morgan fingerprint density at radius 3 is 2.36 bits per heavy atom. The van der Waals surface area contributed by atoms with Gasteiger partial charge in [0, 0.05) is 24.2 Å². The summed E-state index contributed by atoms with van der Waals surface area (Å²) in [6, 6.07) is 19.3. The number of methoxy groups -OCH3 is 2. The largest absolute Gasteiger partial charge is 0.493 e. The molecule has 186 valence electrons. The lowest BCUT2D eigenvalue weighted by Crippen LogP contribution is -2.47. The van der Waals surface area contributed by atoms with Gasteiger partial charge < -0.3 is 14.4 Å². The van der Waals surface area contributed by atoms with Crippen molar-refractivity contribution in [3.63, 3.8) is 0 Å². The first-order valence-corrected chi connectivity index (χ1v) is 12.3. The normalized spacial score (nSPS) is 17.9. The molecule has 1 fully saturated rings. The number of likely N-dealkylation sites (tertiary alicyclic amines) is 1. The maximum Gasteiger partial charge on any atom is 0.254 e. The molecule has 2 aliphatic rings. The number of hydrogen-bond acceptors (Lipinski definition) is 5. The summed E-state index contributed by atoms with van der Waals surface area (Å²) in [5.74, 6) is 1.24. The van der Waals surface area contributed by atoms with Crippen molar-refractivity contribution in [1.29, 1.82) is 0 Å². The van der Waals surface area contributed by atoms with Crippen LogP contribution in [0.1, 0.15) is 42.6 Å². The highest BCUT2D eigenvalue weighted by Gasteiger charge is 2.47. The van der Waals surface area contributed by atoms with Crippen LogP contribution in [0.25, 0.3) is 10.8 Å². The molecule has 7 nitrogen and oxygen atoms in total. The molecule has 0 bridgehead atoms.